The summed E-state index contributed by atoms with van der Waals surface area (Å²) in [7, 11) is 0. The van der Waals surface area contributed by atoms with E-state index in [0.29, 0.717) is 10.7 Å². The maximum absolute atomic E-state index is 12.1. The summed E-state index contributed by atoms with van der Waals surface area (Å²) >= 11 is 6.07. The Balaban J connectivity index is 1.57. The third-order valence-corrected chi connectivity index (χ3v) is 4.74. The van der Waals surface area contributed by atoms with Crippen LogP contribution >= 0.6 is 11.6 Å². The van der Waals surface area contributed by atoms with Gasteiger partial charge in [0.2, 0.25) is 0 Å². The average Bonchev–Trinajstić information content (AvgIpc) is 3.07. The lowest BCUT2D eigenvalue weighted by Gasteiger charge is -2.15. The Hall–Kier alpha value is -2.04. The molecule has 5 heteroatoms. The Morgan fingerprint density at radius 1 is 1.08 bits per heavy atom. The van der Waals surface area contributed by atoms with E-state index in [2.05, 4.69) is 27.7 Å². The van der Waals surface area contributed by atoms with Gasteiger partial charge in [-0.15, -0.1) is 0 Å². The zero-order valence-corrected chi connectivity index (χ0v) is 14.6. The van der Waals surface area contributed by atoms with E-state index in [4.69, 9.17) is 11.6 Å². The number of anilines is 2. The fourth-order valence-corrected chi connectivity index (χ4v) is 3.09. The third-order valence-electron chi connectivity index (χ3n) is 4.33. The Bertz CT molecular complexity index is 709. The van der Waals surface area contributed by atoms with Crippen molar-refractivity contribution in [3.8, 4) is 0 Å². The molecular formula is C19H22ClN3O. The van der Waals surface area contributed by atoms with Crippen LogP contribution in [0.1, 0.15) is 24.0 Å². The number of carbonyl (C=O) groups excluding carboxylic acids is 1. The molecule has 2 aromatic rings. The first-order valence-electron chi connectivity index (χ1n) is 8.26. The largest absolute Gasteiger partial charge is 0.323 e. The predicted molar refractivity (Wildman–Crippen MR) is 99.8 cm³/mol. The Kier molecular flexibility index (Phi) is 5.38. The number of rotatable bonds is 4. The number of nitrogens with one attached hydrogen (secondary N) is 2. The predicted octanol–water partition coefficient (Wildman–Crippen LogP) is 4.89. The van der Waals surface area contributed by atoms with Crippen LogP contribution in [0.4, 0.5) is 16.2 Å². The topological polar surface area (TPSA) is 44.4 Å². The molecule has 0 aliphatic carbocycles. The van der Waals surface area contributed by atoms with Crippen molar-refractivity contribution in [3.63, 3.8) is 0 Å². The summed E-state index contributed by atoms with van der Waals surface area (Å²) in [5, 5.41) is 6.32. The summed E-state index contributed by atoms with van der Waals surface area (Å²) in [6.07, 6.45) is 2.59. The maximum Gasteiger partial charge on any atom is 0.323 e. The van der Waals surface area contributed by atoms with Gasteiger partial charge < -0.3 is 10.6 Å². The number of nitrogens with zero attached hydrogens (tertiary/aromatic N) is 1. The number of carbonyl (C=O) groups is 1. The molecule has 3 rings (SSSR count). The zero-order valence-electron chi connectivity index (χ0n) is 13.8. The molecule has 0 spiro atoms. The molecule has 24 heavy (non-hydrogen) atoms. The normalized spacial score (nSPS) is 14.6. The minimum atomic E-state index is -0.271. The van der Waals surface area contributed by atoms with Crippen molar-refractivity contribution < 1.29 is 4.79 Å². The number of hydrogen-bond acceptors (Lipinski definition) is 2. The first-order chi connectivity index (χ1) is 11.6. The highest BCUT2D eigenvalue weighted by molar-refractivity contribution is 6.31. The van der Waals surface area contributed by atoms with Crippen LogP contribution in [-0.2, 0) is 6.54 Å². The first kappa shape index (κ1) is 16.8. The van der Waals surface area contributed by atoms with E-state index in [1.54, 1.807) is 6.07 Å². The number of urea groups is 1. The maximum atomic E-state index is 12.1. The molecule has 126 valence electrons. The summed E-state index contributed by atoms with van der Waals surface area (Å²) in [4.78, 5) is 14.6. The first-order valence-corrected chi connectivity index (χ1v) is 8.64. The Labute approximate surface area is 147 Å². The van der Waals surface area contributed by atoms with Crippen LogP contribution in [-0.4, -0.2) is 24.0 Å². The molecule has 0 aromatic heterocycles. The molecule has 1 heterocycles. The van der Waals surface area contributed by atoms with Crippen LogP contribution in [0.2, 0.25) is 5.02 Å². The number of likely N-dealkylation sites (tertiary alicyclic amines) is 1. The van der Waals surface area contributed by atoms with Gasteiger partial charge in [-0.05, 0) is 68.2 Å². The highest BCUT2D eigenvalue weighted by Gasteiger charge is 2.12. The Morgan fingerprint density at radius 2 is 1.79 bits per heavy atom. The monoisotopic (exact) mass is 343 g/mol. The van der Waals surface area contributed by atoms with E-state index < -0.39 is 0 Å². The number of hydrogen-bond donors (Lipinski definition) is 2. The van der Waals surface area contributed by atoms with Crippen LogP contribution in [0.25, 0.3) is 0 Å². The lowest BCUT2D eigenvalue weighted by molar-refractivity contribution is 0.262. The molecule has 0 saturated carbocycles. The minimum Gasteiger partial charge on any atom is -0.308 e. The molecule has 2 aromatic carbocycles. The van der Waals surface area contributed by atoms with Crippen molar-refractivity contribution in [2.75, 3.05) is 23.7 Å². The van der Waals surface area contributed by atoms with Gasteiger partial charge in [0, 0.05) is 22.9 Å². The van der Waals surface area contributed by atoms with Gasteiger partial charge in [-0.25, -0.2) is 4.79 Å². The molecule has 0 radical (unpaired) electrons. The molecule has 1 fully saturated rings. The van der Waals surface area contributed by atoms with Gasteiger partial charge in [0.1, 0.15) is 0 Å². The SMILES string of the molecule is Cc1c(Cl)cccc1NC(=O)Nc1ccc(CN2CCCC2)cc1. The molecule has 0 unspecified atom stereocenters. The van der Waals surface area contributed by atoms with Crippen molar-refractivity contribution in [2.45, 2.75) is 26.3 Å². The van der Waals surface area contributed by atoms with Gasteiger partial charge >= 0.3 is 6.03 Å². The summed E-state index contributed by atoms with van der Waals surface area (Å²) in [6.45, 7) is 5.22. The van der Waals surface area contributed by atoms with E-state index >= 15 is 0 Å². The van der Waals surface area contributed by atoms with E-state index in [1.807, 2.05) is 31.2 Å². The molecule has 0 bridgehead atoms. The zero-order chi connectivity index (χ0) is 16.9. The fraction of sp³-hybridized carbons (Fsp3) is 0.316. The van der Waals surface area contributed by atoms with Crippen molar-refractivity contribution in [1.82, 2.24) is 4.90 Å². The molecule has 2 N–H and O–H groups in total. The molecule has 1 aliphatic rings. The lowest BCUT2D eigenvalue weighted by Crippen LogP contribution is -2.20. The quantitative estimate of drug-likeness (QED) is 0.830. The van der Waals surface area contributed by atoms with Gasteiger partial charge in [-0.2, -0.15) is 0 Å². The number of benzene rings is 2. The summed E-state index contributed by atoms with van der Waals surface area (Å²) in [5.41, 5.74) is 3.62. The van der Waals surface area contributed by atoms with E-state index in [1.165, 1.54) is 31.5 Å². The van der Waals surface area contributed by atoms with E-state index in [-0.39, 0.29) is 6.03 Å². The van der Waals surface area contributed by atoms with Crippen LogP contribution < -0.4 is 10.6 Å². The van der Waals surface area contributed by atoms with Gasteiger partial charge in [-0.3, -0.25) is 4.90 Å². The second-order valence-electron chi connectivity index (χ2n) is 6.17. The van der Waals surface area contributed by atoms with Crippen molar-refractivity contribution in [3.05, 3.63) is 58.6 Å². The van der Waals surface area contributed by atoms with Crippen molar-refractivity contribution >= 4 is 29.0 Å². The third kappa shape index (κ3) is 4.28. The molecular weight excluding hydrogens is 322 g/mol. The summed E-state index contributed by atoms with van der Waals surface area (Å²) in [6, 6.07) is 13.2. The van der Waals surface area contributed by atoms with Crippen molar-refractivity contribution in [2.24, 2.45) is 0 Å². The van der Waals surface area contributed by atoms with E-state index in [9.17, 15) is 4.79 Å². The molecule has 2 amide bonds. The summed E-state index contributed by atoms with van der Waals surface area (Å²) < 4.78 is 0. The second kappa shape index (κ2) is 7.69. The standard InChI is InChI=1S/C19H22ClN3O/c1-14-17(20)5-4-6-18(14)22-19(24)21-16-9-7-15(8-10-16)13-23-11-2-3-12-23/h4-10H,2-3,11-13H2,1H3,(H2,21,22,24). The highest BCUT2D eigenvalue weighted by atomic mass is 35.5. The Morgan fingerprint density at radius 3 is 2.50 bits per heavy atom. The fourth-order valence-electron chi connectivity index (χ4n) is 2.92. The van der Waals surface area contributed by atoms with Crippen LogP contribution in [0, 0.1) is 6.92 Å². The minimum absolute atomic E-state index is 0.271. The van der Waals surface area contributed by atoms with Gasteiger partial charge in [0.25, 0.3) is 0 Å². The number of halogens is 1. The van der Waals surface area contributed by atoms with Crippen molar-refractivity contribution in [1.29, 1.82) is 0 Å². The van der Waals surface area contributed by atoms with Gasteiger partial charge in [0.05, 0.1) is 0 Å². The van der Waals surface area contributed by atoms with Crippen LogP contribution in [0.3, 0.4) is 0 Å². The highest BCUT2D eigenvalue weighted by Crippen LogP contribution is 2.23. The summed E-state index contributed by atoms with van der Waals surface area (Å²) in [5.74, 6) is 0. The van der Waals surface area contributed by atoms with Gasteiger partial charge in [0.15, 0.2) is 0 Å². The van der Waals surface area contributed by atoms with E-state index in [0.717, 1.165) is 17.8 Å². The lowest BCUT2D eigenvalue weighted by atomic mass is 10.2. The van der Waals surface area contributed by atoms with Crippen LogP contribution in [0.15, 0.2) is 42.5 Å². The smallest absolute Gasteiger partial charge is 0.308 e. The molecule has 0 atom stereocenters. The van der Waals surface area contributed by atoms with Gasteiger partial charge in [-0.1, -0.05) is 29.8 Å². The van der Waals surface area contributed by atoms with Crippen LogP contribution in [0.5, 0.6) is 0 Å². The number of amides is 2. The molecule has 1 aliphatic heterocycles. The molecule has 4 nitrogen and oxygen atoms in total. The second-order valence-corrected chi connectivity index (χ2v) is 6.58. The average molecular weight is 344 g/mol. The molecule has 1 saturated heterocycles.